The lowest BCUT2D eigenvalue weighted by Gasteiger charge is -2.35. The number of carboxylic acids is 4. The van der Waals surface area contributed by atoms with E-state index >= 15 is 0 Å². The van der Waals surface area contributed by atoms with Gasteiger partial charge in [0.15, 0.2) is 0 Å². The Morgan fingerprint density at radius 1 is 0.645 bits per heavy atom. The van der Waals surface area contributed by atoms with E-state index in [1.807, 2.05) is 0 Å². The highest BCUT2D eigenvalue weighted by molar-refractivity contribution is 5.89. The van der Waals surface area contributed by atoms with Crippen LogP contribution in [0.4, 0.5) is 0 Å². The van der Waals surface area contributed by atoms with Gasteiger partial charge in [-0.1, -0.05) is 85.5 Å². The van der Waals surface area contributed by atoms with E-state index in [4.69, 9.17) is 10.2 Å². The largest absolute Gasteiger partial charge is 0.481 e. The summed E-state index contributed by atoms with van der Waals surface area (Å²) in [5, 5.41) is 36.3. The Kier molecular flexibility index (Phi) is 17.6. The fourth-order valence-corrected chi connectivity index (χ4v) is 3.84. The van der Waals surface area contributed by atoms with E-state index in [-0.39, 0.29) is 12.8 Å². The number of unbranched alkanes of at least 4 members (excludes halogenated alkanes) is 8. The van der Waals surface area contributed by atoms with Gasteiger partial charge in [0.1, 0.15) is 0 Å². The second-order valence-electron chi connectivity index (χ2n) is 8.00. The molecule has 0 fully saturated rings. The summed E-state index contributed by atoms with van der Waals surface area (Å²) in [5.74, 6) is -9.80. The number of aliphatic carboxylic acids is 4. The SMILES string of the molecule is CCC(CC)(C(=O)O)C(C(=O)O)C(CC(=O)O)C(=O)O.CCCCCCCCCCC. The average Bonchev–Trinajstić information content (AvgIpc) is 2.69. The van der Waals surface area contributed by atoms with Crippen LogP contribution < -0.4 is 0 Å². The van der Waals surface area contributed by atoms with Crippen molar-refractivity contribution in [2.24, 2.45) is 17.3 Å². The summed E-state index contributed by atoms with van der Waals surface area (Å²) in [7, 11) is 0. The monoisotopic (exact) mass is 446 g/mol. The predicted molar refractivity (Wildman–Crippen MR) is 118 cm³/mol. The zero-order valence-electron chi connectivity index (χ0n) is 19.6. The molecule has 0 aromatic heterocycles. The van der Waals surface area contributed by atoms with Gasteiger partial charge in [-0.2, -0.15) is 0 Å². The molecule has 2 unspecified atom stereocenters. The fourth-order valence-electron chi connectivity index (χ4n) is 3.84. The molecule has 0 aromatic carbocycles. The van der Waals surface area contributed by atoms with Gasteiger partial charge < -0.3 is 20.4 Å². The van der Waals surface area contributed by atoms with Crippen LogP contribution >= 0.6 is 0 Å². The summed E-state index contributed by atoms with van der Waals surface area (Å²) in [6.07, 6.45) is 11.8. The van der Waals surface area contributed by atoms with Gasteiger partial charge in [-0.05, 0) is 12.8 Å². The molecule has 4 N–H and O–H groups in total. The Balaban J connectivity index is 0. The van der Waals surface area contributed by atoms with Crippen molar-refractivity contribution in [1.29, 1.82) is 0 Å². The normalized spacial score (nSPS) is 12.9. The van der Waals surface area contributed by atoms with Crippen LogP contribution in [-0.2, 0) is 19.2 Å². The molecule has 0 aliphatic rings. The number of hydrogen-bond acceptors (Lipinski definition) is 4. The molecule has 0 amide bonds. The van der Waals surface area contributed by atoms with Gasteiger partial charge >= 0.3 is 23.9 Å². The molecule has 0 spiro atoms. The Bertz CT molecular complexity index is 532. The van der Waals surface area contributed by atoms with Crippen molar-refractivity contribution >= 4 is 23.9 Å². The first-order valence-corrected chi connectivity index (χ1v) is 11.5. The highest BCUT2D eigenvalue weighted by Crippen LogP contribution is 2.41. The molecule has 0 bridgehead atoms. The smallest absolute Gasteiger partial charge is 0.310 e. The maximum absolute atomic E-state index is 11.4. The van der Waals surface area contributed by atoms with Crippen LogP contribution in [0.3, 0.4) is 0 Å². The minimum absolute atomic E-state index is 0.112. The number of carbonyl (C=O) groups is 4. The van der Waals surface area contributed by atoms with Crippen LogP contribution in [0.5, 0.6) is 0 Å². The maximum atomic E-state index is 11.4. The topological polar surface area (TPSA) is 149 Å². The minimum Gasteiger partial charge on any atom is -0.481 e. The van der Waals surface area contributed by atoms with E-state index in [1.54, 1.807) is 0 Å². The standard InChI is InChI=1S/C12H18O8.C11H24/c1-3-12(4-2,11(19)20)8(10(17)18)6(9(15)16)5-7(13)14;1-3-5-7-9-11-10-8-6-4-2/h6,8H,3-5H2,1-2H3,(H,13,14)(H,15,16)(H,17,18)(H,19,20);3-11H2,1-2H3. The molecule has 0 rings (SSSR count). The van der Waals surface area contributed by atoms with E-state index in [0.717, 1.165) is 0 Å². The van der Waals surface area contributed by atoms with Crippen molar-refractivity contribution in [2.45, 2.75) is 105 Å². The van der Waals surface area contributed by atoms with Crippen LogP contribution in [0, 0.1) is 17.3 Å². The van der Waals surface area contributed by atoms with Crippen LogP contribution in [0.25, 0.3) is 0 Å². The highest BCUT2D eigenvalue weighted by Gasteiger charge is 2.53. The Morgan fingerprint density at radius 3 is 1.26 bits per heavy atom. The quantitative estimate of drug-likeness (QED) is 0.220. The molecule has 0 saturated carbocycles. The van der Waals surface area contributed by atoms with Crippen molar-refractivity contribution in [3.05, 3.63) is 0 Å². The van der Waals surface area contributed by atoms with Crippen molar-refractivity contribution in [3.63, 3.8) is 0 Å². The summed E-state index contributed by atoms with van der Waals surface area (Å²) in [6.45, 7) is 7.43. The molecular weight excluding hydrogens is 404 g/mol. The molecular formula is C23H42O8. The van der Waals surface area contributed by atoms with Gasteiger partial charge in [0.05, 0.1) is 23.7 Å². The molecule has 0 saturated heterocycles. The zero-order valence-corrected chi connectivity index (χ0v) is 19.6. The minimum atomic E-state index is -1.82. The third kappa shape index (κ3) is 11.7. The van der Waals surface area contributed by atoms with Gasteiger partial charge in [0.25, 0.3) is 0 Å². The van der Waals surface area contributed by atoms with Crippen molar-refractivity contribution in [2.75, 3.05) is 0 Å². The van der Waals surface area contributed by atoms with Crippen LogP contribution in [0.1, 0.15) is 105 Å². The Labute approximate surface area is 186 Å². The molecule has 0 heterocycles. The predicted octanol–water partition coefficient (Wildman–Crippen LogP) is 5.29. The molecule has 31 heavy (non-hydrogen) atoms. The summed E-state index contributed by atoms with van der Waals surface area (Å²) in [6, 6.07) is 0. The van der Waals surface area contributed by atoms with E-state index in [9.17, 15) is 29.4 Å². The van der Waals surface area contributed by atoms with Crippen LogP contribution in [0.15, 0.2) is 0 Å². The summed E-state index contributed by atoms with van der Waals surface area (Å²) in [5.41, 5.74) is -1.82. The Morgan fingerprint density at radius 2 is 1.03 bits per heavy atom. The molecule has 0 aliphatic heterocycles. The zero-order chi connectivity index (χ0) is 24.4. The summed E-state index contributed by atoms with van der Waals surface area (Å²) in [4.78, 5) is 44.7. The van der Waals surface area contributed by atoms with Gasteiger partial charge in [0.2, 0.25) is 0 Å². The summed E-state index contributed by atoms with van der Waals surface area (Å²) < 4.78 is 0. The molecule has 0 aromatic rings. The summed E-state index contributed by atoms with van der Waals surface area (Å²) >= 11 is 0. The van der Waals surface area contributed by atoms with E-state index in [2.05, 4.69) is 13.8 Å². The molecule has 8 heteroatoms. The third-order valence-corrected chi connectivity index (χ3v) is 5.87. The second kappa shape index (κ2) is 17.5. The lowest BCUT2D eigenvalue weighted by Crippen LogP contribution is -2.48. The molecule has 0 radical (unpaired) electrons. The first-order valence-electron chi connectivity index (χ1n) is 11.5. The number of carboxylic acid groups (broad SMARTS) is 4. The van der Waals surface area contributed by atoms with E-state index < -0.39 is 47.5 Å². The maximum Gasteiger partial charge on any atom is 0.310 e. The van der Waals surface area contributed by atoms with Gasteiger partial charge in [0, 0.05) is 0 Å². The number of hydrogen-bond donors (Lipinski definition) is 4. The van der Waals surface area contributed by atoms with Gasteiger partial charge in [-0.3, -0.25) is 19.2 Å². The molecule has 182 valence electrons. The molecule has 8 nitrogen and oxygen atoms in total. The van der Waals surface area contributed by atoms with Crippen molar-refractivity contribution < 1.29 is 39.6 Å². The fraction of sp³-hybridized carbons (Fsp3) is 0.826. The third-order valence-electron chi connectivity index (χ3n) is 5.87. The van der Waals surface area contributed by atoms with Gasteiger partial charge in [-0.25, -0.2) is 0 Å². The van der Waals surface area contributed by atoms with E-state index in [0.29, 0.717) is 0 Å². The van der Waals surface area contributed by atoms with Crippen molar-refractivity contribution in [1.82, 2.24) is 0 Å². The first-order chi connectivity index (χ1) is 14.5. The molecule has 0 aliphatic carbocycles. The second-order valence-corrected chi connectivity index (χ2v) is 8.00. The van der Waals surface area contributed by atoms with Crippen LogP contribution in [-0.4, -0.2) is 44.3 Å². The Hall–Kier alpha value is -2.12. The highest BCUT2D eigenvalue weighted by atomic mass is 16.4. The lowest BCUT2D eigenvalue weighted by atomic mass is 9.65. The molecule has 2 atom stereocenters. The first kappa shape index (κ1) is 31.1. The lowest BCUT2D eigenvalue weighted by molar-refractivity contribution is -0.173. The van der Waals surface area contributed by atoms with Crippen molar-refractivity contribution in [3.8, 4) is 0 Å². The van der Waals surface area contributed by atoms with Gasteiger partial charge in [-0.15, -0.1) is 0 Å². The average molecular weight is 447 g/mol. The number of rotatable bonds is 17. The van der Waals surface area contributed by atoms with Crippen LogP contribution in [0.2, 0.25) is 0 Å². The van der Waals surface area contributed by atoms with E-state index in [1.165, 1.54) is 71.6 Å².